The van der Waals surface area contributed by atoms with E-state index in [0.29, 0.717) is 0 Å². The predicted octanol–water partition coefficient (Wildman–Crippen LogP) is 7.12. The number of thiazole rings is 1. The van der Waals surface area contributed by atoms with Crippen molar-refractivity contribution in [1.82, 2.24) is 4.98 Å². The Morgan fingerprint density at radius 3 is 2.59 bits per heavy atom. The number of aromatic hydroxyl groups is 1. The molecule has 5 heteroatoms. The number of fused-ring (bicyclic) bond motifs is 2. The Kier molecular flexibility index (Phi) is 4.70. The monoisotopic (exact) mass is 460 g/mol. The summed E-state index contributed by atoms with van der Waals surface area (Å²) in [6.45, 7) is 0. The van der Waals surface area contributed by atoms with Gasteiger partial charge in [-0.3, -0.25) is 0 Å². The Bertz CT molecular complexity index is 1300. The lowest BCUT2D eigenvalue weighted by atomic mass is 9.93. The van der Waals surface area contributed by atoms with Crippen molar-refractivity contribution in [2.45, 2.75) is 6.04 Å². The van der Waals surface area contributed by atoms with Gasteiger partial charge in [-0.05, 0) is 46.7 Å². The minimum Gasteiger partial charge on any atom is -0.508 e. The number of phenols is 1. The average Bonchev–Trinajstić information content (AvgIpc) is 3.15. The van der Waals surface area contributed by atoms with Crippen LogP contribution in [0.4, 0.5) is 5.13 Å². The Morgan fingerprint density at radius 1 is 0.897 bits per heavy atom. The van der Waals surface area contributed by atoms with Crippen molar-refractivity contribution in [2.75, 3.05) is 5.32 Å². The Balaban J connectivity index is 1.70. The molecule has 1 unspecified atom stereocenters. The van der Waals surface area contributed by atoms with E-state index < -0.39 is 0 Å². The third-order valence-electron chi connectivity index (χ3n) is 4.98. The number of rotatable bonds is 4. The van der Waals surface area contributed by atoms with Crippen LogP contribution in [0.5, 0.6) is 5.75 Å². The van der Waals surface area contributed by atoms with Crippen LogP contribution in [0.1, 0.15) is 17.2 Å². The molecule has 0 spiro atoms. The number of nitrogens with zero attached hydrogens (tertiary/aromatic N) is 1. The molecule has 1 heterocycles. The molecule has 0 aliphatic heterocycles. The molecule has 0 aliphatic carbocycles. The molecule has 0 radical (unpaired) electrons. The maximum absolute atomic E-state index is 10.9. The smallest absolute Gasteiger partial charge is 0.184 e. The molecule has 1 atom stereocenters. The normalized spacial score (nSPS) is 12.3. The fourth-order valence-corrected chi connectivity index (χ4v) is 4.96. The van der Waals surface area contributed by atoms with E-state index in [1.165, 1.54) is 0 Å². The van der Waals surface area contributed by atoms with E-state index in [1.54, 1.807) is 17.4 Å². The second-order valence-electron chi connectivity index (χ2n) is 6.84. The van der Waals surface area contributed by atoms with Crippen molar-refractivity contribution in [1.29, 1.82) is 0 Å². The number of hydrogen-bond donors (Lipinski definition) is 2. The summed E-state index contributed by atoms with van der Waals surface area (Å²) in [5, 5.41) is 17.4. The third kappa shape index (κ3) is 3.48. The summed E-state index contributed by atoms with van der Waals surface area (Å²) in [4.78, 5) is 4.75. The van der Waals surface area contributed by atoms with Crippen LogP contribution in [-0.2, 0) is 0 Å². The molecule has 0 saturated carbocycles. The summed E-state index contributed by atoms with van der Waals surface area (Å²) in [7, 11) is 0. The van der Waals surface area contributed by atoms with E-state index in [0.717, 1.165) is 41.7 Å². The average molecular weight is 461 g/mol. The lowest BCUT2D eigenvalue weighted by molar-refractivity contribution is 0.468. The molecule has 0 aliphatic rings. The van der Waals surface area contributed by atoms with Crippen LogP contribution in [0.3, 0.4) is 0 Å². The Morgan fingerprint density at radius 2 is 1.72 bits per heavy atom. The van der Waals surface area contributed by atoms with Crippen LogP contribution in [0.15, 0.2) is 89.4 Å². The van der Waals surface area contributed by atoms with Crippen LogP contribution < -0.4 is 5.32 Å². The highest BCUT2D eigenvalue weighted by Gasteiger charge is 2.22. The molecule has 5 rings (SSSR count). The quantitative estimate of drug-likeness (QED) is 0.300. The molecule has 3 nitrogen and oxygen atoms in total. The fraction of sp³-hybridized carbons (Fsp3) is 0.0417. The van der Waals surface area contributed by atoms with Crippen molar-refractivity contribution in [3.05, 3.63) is 101 Å². The van der Waals surface area contributed by atoms with Crippen LogP contribution >= 0.6 is 27.3 Å². The van der Waals surface area contributed by atoms with E-state index in [-0.39, 0.29) is 11.8 Å². The fourth-order valence-electron chi connectivity index (χ4n) is 3.65. The van der Waals surface area contributed by atoms with Crippen molar-refractivity contribution in [3.8, 4) is 5.75 Å². The zero-order valence-corrected chi connectivity index (χ0v) is 17.7. The summed E-state index contributed by atoms with van der Waals surface area (Å²) >= 11 is 5.20. The van der Waals surface area contributed by atoms with Crippen molar-refractivity contribution < 1.29 is 5.11 Å². The molecular formula is C24H17BrN2OS. The van der Waals surface area contributed by atoms with Gasteiger partial charge < -0.3 is 10.4 Å². The summed E-state index contributed by atoms with van der Waals surface area (Å²) in [6, 6.07) is 27.8. The number of phenolic OH excluding ortho intramolecular Hbond substituents is 1. The van der Waals surface area contributed by atoms with Gasteiger partial charge in [0, 0.05) is 10.0 Å². The minimum atomic E-state index is -0.251. The molecular weight excluding hydrogens is 444 g/mol. The first-order chi connectivity index (χ1) is 14.2. The second kappa shape index (κ2) is 7.50. The number of halogens is 1. The van der Waals surface area contributed by atoms with Gasteiger partial charge in [-0.15, -0.1) is 0 Å². The third-order valence-corrected chi connectivity index (χ3v) is 6.44. The zero-order chi connectivity index (χ0) is 19.8. The molecule has 2 N–H and O–H groups in total. The molecule has 5 aromatic rings. The van der Waals surface area contributed by atoms with E-state index in [2.05, 4.69) is 51.6 Å². The summed E-state index contributed by atoms with van der Waals surface area (Å²) in [5.41, 5.74) is 2.86. The standard InChI is InChI=1S/C24H17BrN2OS/c25-17-8-5-7-16(14-17)23(27-24-26-19-10-3-4-11-21(19)29-24)22-18-9-2-1-6-15(18)12-13-20(22)28/h1-14,23,28H,(H,26,27). The van der Waals surface area contributed by atoms with E-state index in [1.807, 2.05) is 48.5 Å². The minimum absolute atomic E-state index is 0.251. The van der Waals surface area contributed by atoms with Gasteiger partial charge in [-0.25, -0.2) is 4.98 Å². The van der Waals surface area contributed by atoms with Gasteiger partial charge in [0.15, 0.2) is 5.13 Å². The first kappa shape index (κ1) is 18.2. The highest BCUT2D eigenvalue weighted by Crippen LogP contribution is 2.39. The van der Waals surface area contributed by atoms with Crippen molar-refractivity contribution in [2.24, 2.45) is 0 Å². The molecule has 29 heavy (non-hydrogen) atoms. The van der Waals surface area contributed by atoms with E-state index in [4.69, 9.17) is 4.98 Å². The van der Waals surface area contributed by atoms with Crippen molar-refractivity contribution >= 4 is 53.4 Å². The Hall–Kier alpha value is -2.89. The maximum atomic E-state index is 10.9. The molecule has 0 fully saturated rings. The lowest BCUT2D eigenvalue weighted by Crippen LogP contribution is -2.13. The summed E-state index contributed by atoms with van der Waals surface area (Å²) in [6.07, 6.45) is 0. The van der Waals surface area contributed by atoms with Gasteiger partial charge >= 0.3 is 0 Å². The number of aromatic nitrogens is 1. The second-order valence-corrected chi connectivity index (χ2v) is 8.78. The number of hydrogen-bond acceptors (Lipinski definition) is 4. The topological polar surface area (TPSA) is 45.1 Å². The van der Waals surface area contributed by atoms with Crippen LogP contribution in [0, 0.1) is 0 Å². The molecule has 1 aromatic heterocycles. The van der Waals surface area contributed by atoms with Gasteiger partial charge in [0.25, 0.3) is 0 Å². The van der Waals surface area contributed by atoms with Gasteiger partial charge in [0.05, 0.1) is 16.3 Å². The largest absolute Gasteiger partial charge is 0.508 e. The van der Waals surface area contributed by atoms with Gasteiger partial charge in [-0.1, -0.05) is 81.9 Å². The van der Waals surface area contributed by atoms with Crippen LogP contribution in [-0.4, -0.2) is 10.1 Å². The number of nitrogens with one attached hydrogen (secondary N) is 1. The zero-order valence-electron chi connectivity index (χ0n) is 15.3. The molecule has 142 valence electrons. The van der Waals surface area contributed by atoms with Gasteiger partial charge in [-0.2, -0.15) is 0 Å². The molecule has 4 aromatic carbocycles. The number of para-hydroxylation sites is 1. The van der Waals surface area contributed by atoms with E-state index in [9.17, 15) is 5.11 Å². The van der Waals surface area contributed by atoms with Gasteiger partial charge in [0.2, 0.25) is 0 Å². The molecule has 0 amide bonds. The maximum Gasteiger partial charge on any atom is 0.184 e. The number of anilines is 1. The van der Waals surface area contributed by atoms with Gasteiger partial charge in [0.1, 0.15) is 5.75 Å². The summed E-state index contributed by atoms with van der Waals surface area (Å²) < 4.78 is 2.12. The van der Waals surface area contributed by atoms with E-state index >= 15 is 0 Å². The SMILES string of the molecule is Oc1ccc2ccccc2c1C(Nc1nc2ccccc2s1)c1cccc(Br)c1. The molecule has 0 bridgehead atoms. The lowest BCUT2D eigenvalue weighted by Gasteiger charge is -2.22. The first-order valence-corrected chi connectivity index (χ1v) is 10.9. The highest BCUT2D eigenvalue weighted by atomic mass is 79.9. The Labute approximate surface area is 180 Å². The van der Waals surface area contributed by atoms with Crippen LogP contribution in [0.2, 0.25) is 0 Å². The van der Waals surface area contributed by atoms with Crippen molar-refractivity contribution in [3.63, 3.8) is 0 Å². The first-order valence-electron chi connectivity index (χ1n) is 9.27. The number of benzene rings is 4. The predicted molar refractivity (Wildman–Crippen MR) is 125 cm³/mol. The summed E-state index contributed by atoms with van der Waals surface area (Å²) in [5.74, 6) is 0.266. The van der Waals surface area contributed by atoms with Crippen LogP contribution in [0.25, 0.3) is 21.0 Å². The highest BCUT2D eigenvalue weighted by molar-refractivity contribution is 9.10. The molecule has 0 saturated heterocycles.